The van der Waals surface area contributed by atoms with Crippen LogP contribution in [0.2, 0.25) is 0 Å². The van der Waals surface area contributed by atoms with Crippen LogP contribution in [-0.2, 0) is 9.59 Å². The summed E-state index contributed by atoms with van der Waals surface area (Å²) in [5, 5.41) is 18.6. The number of aliphatic hydroxyl groups excluding tert-OH is 1. The topological polar surface area (TPSA) is 87.1 Å². The molecular formula is C14H17NO5. The van der Waals surface area contributed by atoms with Gasteiger partial charge in [0.15, 0.2) is 6.04 Å². The molecular weight excluding hydrogens is 262 g/mol. The Morgan fingerprint density at radius 2 is 2.30 bits per heavy atom. The molecule has 6 heteroatoms. The number of likely N-dealkylation sites (tertiary alicyclic amines) is 1. The maximum absolute atomic E-state index is 11.9. The zero-order chi connectivity index (χ0) is 14.7. The van der Waals surface area contributed by atoms with Crippen molar-refractivity contribution in [2.24, 2.45) is 5.92 Å². The molecule has 0 bridgehead atoms. The highest BCUT2D eigenvalue weighted by Crippen LogP contribution is 2.30. The summed E-state index contributed by atoms with van der Waals surface area (Å²) < 4.78 is 5.08. The highest BCUT2D eigenvalue weighted by atomic mass is 16.5. The third-order valence-electron chi connectivity index (χ3n) is 3.45. The average molecular weight is 279 g/mol. The van der Waals surface area contributed by atoms with Crippen molar-refractivity contribution in [2.45, 2.75) is 12.5 Å². The molecule has 108 valence electrons. The predicted octanol–water partition coefficient (Wildman–Crippen LogP) is 0.662. The second-order valence-electron chi connectivity index (χ2n) is 4.82. The van der Waals surface area contributed by atoms with Gasteiger partial charge in [-0.3, -0.25) is 4.79 Å². The van der Waals surface area contributed by atoms with Crippen molar-refractivity contribution in [1.29, 1.82) is 0 Å². The van der Waals surface area contributed by atoms with Crippen LogP contribution in [0.15, 0.2) is 24.3 Å². The van der Waals surface area contributed by atoms with Gasteiger partial charge in [-0.05, 0) is 17.7 Å². The molecule has 2 rings (SSSR count). The zero-order valence-corrected chi connectivity index (χ0v) is 11.2. The third-order valence-corrected chi connectivity index (χ3v) is 3.45. The zero-order valence-electron chi connectivity index (χ0n) is 11.2. The fourth-order valence-electron chi connectivity index (χ4n) is 2.45. The number of ether oxygens (including phenoxy) is 1. The average Bonchev–Trinajstić information content (AvgIpc) is 2.80. The van der Waals surface area contributed by atoms with E-state index >= 15 is 0 Å². The van der Waals surface area contributed by atoms with Crippen molar-refractivity contribution in [3.05, 3.63) is 29.8 Å². The highest BCUT2D eigenvalue weighted by Gasteiger charge is 2.38. The standard InChI is InChI=1S/C14H17NO5/c1-20-11-4-2-3-10(6-11)13(14(18)19)15-7-9(8-16)5-12(15)17/h2-4,6,9,13,16H,5,7-8H2,1H3,(H,18,19). The van der Waals surface area contributed by atoms with Gasteiger partial charge in [-0.2, -0.15) is 0 Å². The van der Waals surface area contributed by atoms with Crippen LogP contribution in [0.3, 0.4) is 0 Å². The minimum atomic E-state index is -1.09. The van der Waals surface area contributed by atoms with E-state index in [-0.39, 0.29) is 31.4 Å². The van der Waals surface area contributed by atoms with Crippen molar-refractivity contribution in [1.82, 2.24) is 4.90 Å². The molecule has 1 aliphatic heterocycles. The second-order valence-corrected chi connectivity index (χ2v) is 4.82. The Hall–Kier alpha value is -2.08. The van der Waals surface area contributed by atoms with Gasteiger partial charge in [-0.15, -0.1) is 0 Å². The molecule has 0 radical (unpaired) electrons. The number of rotatable bonds is 5. The van der Waals surface area contributed by atoms with Gasteiger partial charge in [0.05, 0.1) is 7.11 Å². The number of carboxylic acids is 1. The van der Waals surface area contributed by atoms with Gasteiger partial charge in [-0.25, -0.2) is 4.79 Å². The van der Waals surface area contributed by atoms with Gasteiger partial charge >= 0.3 is 5.97 Å². The molecule has 20 heavy (non-hydrogen) atoms. The quantitative estimate of drug-likeness (QED) is 0.827. The van der Waals surface area contributed by atoms with Gasteiger partial charge in [0, 0.05) is 25.5 Å². The van der Waals surface area contributed by atoms with Crippen molar-refractivity contribution in [3.8, 4) is 5.75 Å². The molecule has 1 aromatic rings. The molecule has 2 atom stereocenters. The summed E-state index contributed by atoms with van der Waals surface area (Å²) in [6, 6.07) is 5.62. The lowest BCUT2D eigenvalue weighted by Gasteiger charge is -2.25. The molecule has 1 aliphatic rings. The van der Waals surface area contributed by atoms with Crippen LogP contribution in [-0.4, -0.2) is 47.3 Å². The van der Waals surface area contributed by atoms with E-state index in [1.165, 1.54) is 12.0 Å². The van der Waals surface area contributed by atoms with E-state index in [9.17, 15) is 14.7 Å². The summed E-state index contributed by atoms with van der Waals surface area (Å²) in [6.07, 6.45) is 0.185. The molecule has 6 nitrogen and oxygen atoms in total. The summed E-state index contributed by atoms with van der Waals surface area (Å²) in [6.45, 7) is 0.135. The first-order valence-electron chi connectivity index (χ1n) is 6.34. The summed E-state index contributed by atoms with van der Waals surface area (Å²) >= 11 is 0. The van der Waals surface area contributed by atoms with E-state index in [1.54, 1.807) is 24.3 Å². The number of aliphatic hydroxyl groups is 1. The third kappa shape index (κ3) is 2.75. The molecule has 1 aromatic carbocycles. The molecule has 2 N–H and O–H groups in total. The number of aliphatic carboxylic acids is 1. The first-order valence-corrected chi connectivity index (χ1v) is 6.34. The molecule has 1 amide bonds. The van der Waals surface area contributed by atoms with E-state index < -0.39 is 12.0 Å². The van der Waals surface area contributed by atoms with Gasteiger partial charge in [0.2, 0.25) is 5.91 Å². The van der Waals surface area contributed by atoms with Gasteiger partial charge in [0.1, 0.15) is 5.75 Å². The van der Waals surface area contributed by atoms with Crippen molar-refractivity contribution < 1.29 is 24.5 Å². The van der Waals surface area contributed by atoms with Crippen molar-refractivity contribution >= 4 is 11.9 Å². The van der Waals surface area contributed by atoms with Gasteiger partial charge in [0.25, 0.3) is 0 Å². The number of nitrogens with zero attached hydrogens (tertiary/aromatic N) is 1. The Morgan fingerprint density at radius 3 is 2.85 bits per heavy atom. The van der Waals surface area contributed by atoms with Crippen molar-refractivity contribution in [3.63, 3.8) is 0 Å². The Kier molecular flexibility index (Phi) is 4.24. The molecule has 0 spiro atoms. The molecule has 0 aromatic heterocycles. The van der Waals surface area contributed by atoms with Crippen molar-refractivity contribution in [2.75, 3.05) is 20.3 Å². The number of methoxy groups -OCH3 is 1. The molecule has 1 heterocycles. The summed E-state index contributed by atoms with van der Waals surface area (Å²) in [7, 11) is 1.50. The van der Waals surface area contributed by atoms with E-state index in [2.05, 4.69) is 0 Å². The van der Waals surface area contributed by atoms with Crippen LogP contribution in [0.5, 0.6) is 5.75 Å². The lowest BCUT2D eigenvalue weighted by molar-refractivity contribution is -0.148. The van der Waals surface area contributed by atoms with Gasteiger partial charge < -0.3 is 19.8 Å². The molecule has 1 fully saturated rings. The van der Waals surface area contributed by atoms with Crippen LogP contribution in [0.4, 0.5) is 0 Å². The first kappa shape index (κ1) is 14.3. The number of hydrogen-bond acceptors (Lipinski definition) is 4. The SMILES string of the molecule is COc1cccc(C(C(=O)O)N2CC(CO)CC2=O)c1. The monoisotopic (exact) mass is 279 g/mol. The summed E-state index contributed by atoms with van der Waals surface area (Å²) in [4.78, 5) is 24.8. The lowest BCUT2D eigenvalue weighted by atomic mass is 10.1. The fourth-order valence-corrected chi connectivity index (χ4v) is 2.45. The first-order chi connectivity index (χ1) is 9.56. The largest absolute Gasteiger partial charge is 0.497 e. The molecule has 0 aliphatic carbocycles. The number of carbonyl (C=O) groups excluding carboxylic acids is 1. The summed E-state index contributed by atoms with van der Waals surface area (Å²) in [5.74, 6) is -1.00. The number of carbonyl (C=O) groups is 2. The maximum atomic E-state index is 11.9. The Morgan fingerprint density at radius 1 is 1.55 bits per heavy atom. The van der Waals surface area contributed by atoms with Crippen LogP contribution < -0.4 is 4.74 Å². The Labute approximate surface area is 116 Å². The fraction of sp³-hybridized carbons (Fsp3) is 0.429. The van der Waals surface area contributed by atoms with Crippen LogP contribution in [0, 0.1) is 5.92 Å². The van der Waals surface area contributed by atoms with Crippen LogP contribution in [0.25, 0.3) is 0 Å². The molecule has 2 unspecified atom stereocenters. The van der Waals surface area contributed by atoms with E-state index in [4.69, 9.17) is 9.84 Å². The summed E-state index contributed by atoms with van der Waals surface area (Å²) in [5.41, 5.74) is 0.490. The minimum absolute atomic E-state index is 0.118. The number of hydrogen-bond donors (Lipinski definition) is 2. The van der Waals surface area contributed by atoms with Gasteiger partial charge in [-0.1, -0.05) is 12.1 Å². The number of benzene rings is 1. The van der Waals surface area contributed by atoms with Crippen LogP contribution in [0.1, 0.15) is 18.0 Å². The van der Waals surface area contributed by atoms with E-state index in [0.29, 0.717) is 11.3 Å². The van der Waals surface area contributed by atoms with E-state index in [0.717, 1.165) is 0 Å². The number of carboxylic acid groups (broad SMARTS) is 1. The lowest BCUT2D eigenvalue weighted by Crippen LogP contribution is -2.35. The predicted molar refractivity (Wildman–Crippen MR) is 70.3 cm³/mol. The molecule has 1 saturated heterocycles. The second kappa shape index (κ2) is 5.92. The van der Waals surface area contributed by atoms with E-state index in [1.807, 2.05) is 0 Å². The number of amides is 1. The normalized spacial score (nSPS) is 20.0. The maximum Gasteiger partial charge on any atom is 0.331 e. The highest BCUT2D eigenvalue weighted by molar-refractivity contribution is 5.86. The Bertz CT molecular complexity index is 516. The minimum Gasteiger partial charge on any atom is -0.497 e. The smallest absolute Gasteiger partial charge is 0.331 e. The molecule has 0 saturated carbocycles. The Balaban J connectivity index is 2.32. The van der Waals surface area contributed by atoms with Crippen LogP contribution >= 0.6 is 0 Å².